The molecule has 0 saturated heterocycles. The van der Waals surface area contributed by atoms with Gasteiger partial charge < -0.3 is 10.6 Å². The van der Waals surface area contributed by atoms with E-state index >= 15 is 0 Å². The van der Waals surface area contributed by atoms with E-state index in [1.165, 1.54) is 23.9 Å². The highest BCUT2D eigenvalue weighted by atomic mass is 32.2. The van der Waals surface area contributed by atoms with Crippen molar-refractivity contribution in [2.45, 2.75) is 18.8 Å². The molecule has 0 radical (unpaired) electrons. The van der Waals surface area contributed by atoms with E-state index in [2.05, 4.69) is 0 Å². The normalized spacial score (nSPS) is 18.0. The molecule has 0 aromatic heterocycles. The van der Waals surface area contributed by atoms with Crippen LogP contribution in [0.25, 0.3) is 0 Å². The molecule has 1 aromatic rings. The Balaban J connectivity index is 2.49. The Morgan fingerprint density at radius 2 is 2.05 bits per heavy atom. The summed E-state index contributed by atoms with van der Waals surface area (Å²) in [7, 11) is 0. The molecular formula is C11H12N4O4S. The number of nitrogens with two attached hydrogens (primary N) is 1. The summed E-state index contributed by atoms with van der Waals surface area (Å²) < 4.78 is 0. The molecule has 0 aliphatic carbocycles. The standard InChI is InChI=1S/C11H12N4O4S/c1-2-8-6-13(11(12)20-8)9-4-3-7(14(16)17)5-10(9)15(18)19/h3-6,11H,2,12H2,1H3. The fraction of sp³-hybridized carbons (Fsp3) is 0.273. The van der Waals surface area contributed by atoms with Crippen molar-refractivity contribution in [2.75, 3.05) is 4.90 Å². The second-order valence-corrected chi connectivity index (χ2v) is 5.29. The Morgan fingerprint density at radius 3 is 2.55 bits per heavy atom. The van der Waals surface area contributed by atoms with Gasteiger partial charge in [0, 0.05) is 17.2 Å². The fourth-order valence-electron chi connectivity index (χ4n) is 1.84. The zero-order valence-corrected chi connectivity index (χ0v) is 11.4. The molecule has 0 saturated carbocycles. The third-order valence-electron chi connectivity index (χ3n) is 2.82. The maximum absolute atomic E-state index is 11.1. The Morgan fingerprint density at radius 1 is 1.35 bits per heavy atom. The lowest BCUT2D eigenvalue weighted by atomic mass is 10.2. The molecule has 0 bridgehead atoms. The summed E-state index contributed by atoms with van der Waals surface area (Å²) in [4.78, 5) is 23.1. The quantitative estimate of drug-likeness (QED) is 0.670. The number of nitro groups is 2. The smallest absolute Gasteiger partial charge is 0.299 e. The van der Waals surface area contributed by atoms with E-state index in [9.17, 15) is 20.2 Å². The zero-order chi connectivity index (χ0) is 14.9. The second kappa shape index (κ2) is 5.47. The highest BCUT2D eigenvalue weighted by Gasteiger charge is 2.29. The molecule has 20 heavy (non-hydrogen) atoms. The monoisotopic (exact) mass is 296 g/mol. The first-order valence-electron chi connectivity index (χ1n) is 5.78. The van der Waals surface area contributed by atoms with Crippen molar-refractivity contribution in [3.63, 3.8) is 0 Å². The van der Waals surface area contributed by atoms with Crippen molar-refractivity contribution in [3.8, 4) is 0 Å². The van der Waals surface area contributed by atoms with Gasteiger partial charge in [-0.2, -0.15) is 0 Å². The largest absolute Gasteiger partial charge is 0.316 e. The third kappa shape index (κ3) is 2.58. The third-order valence-corrected chi connectivity index (χ3v) is 3.99. The van der Waals surface area contributed by atoms with Gasteiger partial charge >= 0.3 is 0 Å². The lowest BCUT2D eigenvalue weighted by Gasteiger charge is -2.20. The van der Waals surface area contributed by atoms with Crippen molar-refractivity contribution in [1.29, 1.82) is 0 Å². The maximum Gasteiger partial charge on any atom is 0.299 e. The van der Waals surface area contributed by atoms with Crippen molar-refractivity contribution in [1.82, 2.24) is 0 Å². The van der Waals surface area contributed by atoms with Crippen LogP contribution in [-0.2, 0) is 0 Å². The lowest BCUT2D eigenvalue weighted by molar-refractivity contribution is -0.393. The molecular weight excluding hydrogens is 284 g/mol. The summed E-state index contributed by atoms with van der Waals surface area (Å²) in [6.07, 6.45) is 2.51. The molecule has 1 aliphatic heterocycles. The number of rotatable bonds is 4. The van der Waals surface area contributed by atoms with Gasteiger partial charge in [-0.05, 0) is 12.5 Å². The Kier molecular flexibility index (Phi) is 3.91. The number of anilines is 1. The number of non-ortho nitro benzene ring substituents is 1. The van der Waals surface area contributed by atoms with Gasteiger partial charge in [-0.1, -0.05) is 18.7 Å². The van der Waals surface area contributed by atoms with Crippen LogP contribution < -0.4 is 10.6 Å². The molecule has 0 fully saturated rings. The van der Waals surface area contributed by atoms with Gasteiger partial charge in [-0.25, -0.2) is 0 Å². The van der Waals surface area contributed by atoms with Gasteiger partial charge in [-0.3, -0.25) is 20.2 Å². The minimum atomic E-state index is -0.664. The zero-order valence-electron chi connectivity index (χ0n) is 10.6. The van der Waals surface area contributed by atoms with Gasteiger partial charge in [0.2, 0.25) is 0 Å². The summed E-state index contributed by atoms with van der Waals surface area (Å²) in [5, 5.41) is 21.8. The summed E-state index contributed by atoms with van der Waals surface area (Å²) >= 11 is 1.41. The van der Waals surface area contributed by atoms with Crippen LogP contribution in [0.5, 0.6) is 0 Å². The summed E-state index contributed by atoms with van der Waals surface area (Å²) in [5.74, 6) is 0. The molecule has 1 aromatic carbocycles. The Hall–Kier alpha value is -2.13. The van der Waals surface area contributed by atoms with Crippen molar-refractivity contribution >= 4 is 28.8 Å². The van der Waals surface area contributed by atoms with E-state index in [-0.39, 0.29) is 17.1 Å². The molecule has 0 amide bonds. The van der Waals surface area contributed by atoms with E-state index in [0.717, 1.165) is 17.4 Å². The minimum Gasteiger partial charge on any atom is -0.316 e. The van der Waals surface area contributed by atoms with Crippen molar-refractivity contribution < 1.29 is 9.85 Å². The van der Waals surface area contributed by atoms with Crippen LogP contribution >= 0.6 is 11.8 Å². The summed E-state index contributed by atoms with van der Waals surface area (Å²) in [6, 6.07) is 3.54. The molecule has 9 heteroatoms. The number of benzene rings is 1. The summed E-state index contributed by atoms with van der Waals surface area (Å²) in [6.45, 7) is 1.96. The lowest BCUT2D eigenvalue weighted by Crippen LogP contribution is -2.32. The number of allylic oxidation sites excluding steroid dienone is 1. The first kappa shape index (κ1) is 14.3. The molecule has 8 nitrogen and oxygen atoms in total. The van der Waals surface area contributed by atoms with E-state index in [1.54, 1.807) is 11.1 Å². The molecule has 106 valence electrons. The summed E-state index contributed by atoms with van der Waals surface area (Å²) in [5.41, 5.74) is 5.06. The predicted octanol–water partition coefficient (Wildman–Crippen LogP) is 2.55. The van der Waals surface area contributed by atoms with Crippen LogP contribution in [0.4, 0.5) is 17.1 Å². The number of thioether (sulfide) groups is 1. The van der Waals surface area contributed by atoms with Gasteiger partial charge in [-0.15, -0.1) is 0 Å². The SMILES string of the molecule is CCC1=CN(c2ccc([N+](=O)[O-])cc2[N+](=O)[O-])C(N)S1. The van der Waals surface area contributed by atoms with E-state index in [1.807, 2.05) is 6.92 Å². The maximum atomic E-state index is 11.1. The average Bonchev–Trinajstić information content (AvgIpc) is 2.79. The molecule has 2 rings (SSSR count). The van der Waals surface area contributed by atoms with Crippen molar-refractivity contribution in [2.24, 2.45) is 5.73 Å². The van der Waals surface area contributed by atoms with E-state index in [0.29, 0.717) is 0 Å². The number of hydrogen-bond acceptors (Lipinski definition) is 7. The minimum absolute atomic E-state index is 0.254. The Bertz CT molecular complexity index is 604. The molecule has 0 spiro atoms. The van der Waals surface area contributed by atoms with E-state index < -0.39 is 15.3 Å². The van der Waals surface area contributed by atoms with Gasteiger partial charge in [0.05, 0.1) is 15.9 Å². The van der Waals surface area contributed by atoms with Gasteiger partial charge in [0.15, 0.2) is 0 Å². The second-order valence-electron chi connectivity index (χ2n) is 4.05. The first-order chi connectivity index (χ1) is 9.43. The molecule has 1 atom stereocenters. The molecule has 1 heterocycles. The molecule has 2 N–H and O–H groups in total. The highest BCUT2D eigenvalue weighted by molar-refractivity contribution is 8.04. The highest BCUT2D eigenvalue weighted by Crippen LogP contribution is 2.40. The number of nitrogens with zero attached hydrogens (tertiary/aromatic N) is 3. The van der Waals surface area contributed by atoms with Crippen LogP contribution in [-0.4, -0.2) is 15.3 Å². The van der Waals surface area contributed by atoms with E-state index in [4.69, 9.17) is 5.73 Å². The number of nitro benzene ring substituents is 2. The van der Waals surface area contributed by atoms with Crippen LogP contribution in [0.2, 0.25) is 0 Å². The average molecular weight is 296 g/mol. The van der Waals surface area contributed by atoms with Gasteiger partial charge in [0.1, 0.15) is 11.2 Å². The van der Waals surface area contributed by atoms with Gasteiger partial charge in [0.25, 0.3) is 11.4 Å². The topological polar surface area (TPSA) is 116 Å². The molecule has 1 aliphatic rings. The predicted molar refractivity (Wildman–Crippen MR) is 76.2 cm³/mol. The van der Waals surface area contributed by atoms with Crippen LogP contribution in [0, 0.1) is 20.2 Å². The number of hydrogen-bond donors (Lipinski definition) is 1. The van der Waals surface area contributed by atoms with Crippen LogP contribution in [0.1, 0.15) is 13.3 Å². The van der Waals surface area contributed by atoms with Crippen LogP contribution in [0.15, 0.2) is 29.3 Å². The first-order valence-corrected chi connectivity index (χ1v) is 6.66. The van der Waals surface area contributed by atoms with Crippen LogP contribution in [0.3, 0.4) is 0 Å². The molecule has 1 unspecified atom stereocenters. The van der Waals surface area contributed by atoms with Crippen molar-refractivity contribution in [3.05, 3.63) is 49.5 Å². The fourth-order valence-corrected chi connectivity index (χ4v) is 2.78. The Labute approximate surface area is 118 Å².